The van der Waals surface area contributed by atoms with E-state index in [1.807, 2.05) is 6.07 Å². The van der Waals surface area contributed by atoms with E-state index in [2.05, 4.69) is 10.3 Å². The smallest absolute Gasteiger partial charge is 0.475 e. The molecule has 0 radical (unpaired) electrons. The molecule has 0 unspecified atom stereocenters. The molecule has 35 heavy (non-hydrogen) atoms. The number of carboxylic acids is 1. The molecule has 0 fully saturated rings. The third-order valence-corrected chi connectivity index (χ3v) is 4.57. The van der Waals surface area contributed by atoms with Crippen LogP contribution in [0.2, 0.25) is 10.0 Å². The molecule has 3 aromatic rings. The molecule has 0 saturated heterocycles. The van der Waals surface area contributed by atoms with Crippen molar-refractivity contribution in [1.82, 2.24) is 14.9 Å². The van der Waals surface area contributed by atoms with Gasteiger partial charge in [-0.05, 0) is 24.3 Å². The zero-order chi connectivity index (χ0) is 26.3. The number of hydrogen-bond acceptors (Lipinski definition) is 5. The van der Waals surface area contributed by atoms with Gasteiger partial charge in [-0.3, -0.25) is 4.79 Å². The minimum atomic E-state index is -5.08. The summed E-state index contributed by atoms with van der Waals surface area (Å²) >= 11 is 12.0. The number of amides is 1. The maximum absolute atomic E-state index is 14.9. The Balaban J connectivity index is 0.000000540. The summed E-state index contributed by atoms with van der Waals surface area (Å²) in [5.41, 5.74) is 0.432. The van der Waals surface area contributed by atoms with Crippen LogP contribution in [-0.2, 0) is 18.4 Å². The number of nitrogens with zero attached hydrogens (tertiary/aromatic N) is 3. The van der Waals surface area contributed by atoms with Crippen molar-refractivity contribution < 1.29 is 37.0 Å². The number of aliphatic carboxylic acids is 1. The molecule has 14 heteroatoms. The van der Waals surface area contributed by atoms with Crippen LogP contribution < -0.4 is 10.1 Å². The monoisotopic (exact) mass is 532 g/mol. The standard InChI is InChI=1S/C19H13Cl2FN4O2.C2HF3O2/c1-26-5-4-24-18(26)19(27)25-10-12-2-3-15(21)17(16(12)22)28-14-7-11(9-23)6-13(20)8-14;3-2(4,5)1(6)7/h2-8H,10H2,1H3,(H,25,27);(H,6,7). The summed E-state index contributed by atoms with van der Waals surface area (Å²) in [5.74, 6) is -3.79. The Morgan fingerprint density at radius 2 is 1.91 bits per heavy atom. The lowest BCUT2D eigenvalue weighted by Crippen LogP contribution is -2.26. The fraction of sp³-hybridized carbons (Fsp3) is 0.143. The molecule has 0 spiro atoms. The van der Waals surface area contributed by atoms with Gasteiger partial charge >= 0.3 is 12.1 Å². The zero-order valence-corrected chi connectivity index (χ0v) is 19.0. The van der Waals surface area contributed by atoms with E-state index in [4.69, 9.17) is 43.1 Å². The first-order valence-corrected chi connectivity index (χ1v) is 10.00. The largest absolute Gasteiger partial charge is 0.490 e. The summed E-state index contributed by atoms with van der Waals surface area (Å²) in [7, 11) is 1.68. The van der Waals surface area contributed by atoms with Gasteiger partial charge in [-0.15, -0.1) is 0 Å². The Morgan fingerprint density at radius 3 is 2.46 bits per heavy atom. The van der Waals surface area contributed by atoms with Crippen molar-refractivity contribution in [1.29, 1.82) is 5.26 Å². The minimum Gasteiger partial charge on any atom is -0.475 e. The Labute approximate surface area is 205 Å². The fourth-order valence-corrected chi connectivity index (χ4v) is 2.86. The number of halogens is 6. The highest BCUT2D eigenvalue weighted by molar-refractivity contribution is 6.32. The maximum Gasteiger partial charge on any atom is 0.490 e. The third kappa shape index (κ3) is 7.59. The Hall–Kier alpha value is -3.82. The number of aryl methyl sites for hydroxylation is 1. The van der Waals surface area contributed by atoms with Crippen molar-refractivity contribution in [2.75, 3.05) is 0 Å². The molecule has 1 heterocycles. The number of carbonyl (C=O) groups excluding carboxylic acids is 1. The number of nitriles is 1. The first kappa shape index (κ1) is 27.4. The molecular weight excluding hydrogens is 519 g/mol. The van der Waals surface area contributed by atoms with Crippen LogP contribution in [0.15, 0.2) is 42.7 Å². The van der Waals surface area contributed by atoms with Crippen LogP contribution in [0.3, 0.4) is 0 Å². The van der Waals surface area contributed by atoms with Crippen LogP contribution in [0.1, 0.15) is 21.7 Å². The lowest BCUT2D eigenvalue weighted by Gasteiger charge is -2.13. The highest BCUT2D eigenvalue weighted by Crippen LogP contribution is 2.35. The normalized spacial score (nSPS) is 10.6. The highest BCUT2D eigenvalue weighted by atomic mass is 35.5. The van der Waals surface area contributed by atoms with Gasteiger partial charge in [-0.2, -0.15) is 18.4 Å². The van der Waals surface area contributed by atoms with Crippen molar-refractivity contribution in [3.8, 4) is 17.6 Å². The zero-order valence-electron chi connectivity index (χ0n) is 17.5. The van der Waals surface area contributed by atoms with Crippen molar-refractivity contribution in [3.05, 3.63) is 75.5 Å². The van der Waals surface area contributed by atoms with E-state index in [1.165, 1.54) is 36.5 Å². The number of carboxylic acid groups (broad SMARTS) is 1. The molecule has 0 bridgehead atoms. The van der Waals surface area contributed by atoms with Gasteiger partial charge in [0.05, 0.1) is 16.7 Å². The lowest BCUT2D eigenvalue weighted by molar-refractivity contribution is -0.192. The van der Waals surface area contributed by atoms with Gasteiger partial charge < -0.3 is 19.7 Å². The van der Waals surface area contributed by atoms with Gasteiger partial charge in [0.25, 0.3) is 5.91 Å². The second-order valence-electron chi connectivity index (χ2n) is 6.59. The van der Waals surface area contributed by atoms with Crippen molar-refractivity contribution in [2.24, 2.45) is 7.05 Å². The van der Waals surface area contributed by atoms with E-state index in [-0.39, 0.29) is 45.0 Å². The fourth-order valence-electron chi connectivity index (χ4n) is 2.45. The average Bonchev–Trinajstić information content (AvgIpc) is 3.21. The third-order valence-electron chi connectivity index (χ3n) is 4.06. The molecule has 8 nitrogen and oxygen atoms in total. The van der Waals surface area contributed by atoms with Gasteiger partial charge in [-0.25, -0.2) is 14.2 Å². The second kappa shape index (κ2) is 11.5. The molecule has 2 aromatic carbocycles. The van der Waals surface area contributed by atoms with Gasteiger partial charge in [0.2, 0.25) is 0 Å². The number of nitrogens with one attached hydrogen (secondary N) is 1. The molecule has 0 aliphatic rings. The summed E-state index contributed by atoms with van der Waals surface area (Å²) in [6, 6.07) is 9.15. The number of carbonyl (C=O) groups is 2. The van der Waals surface area contributed by atoms with E-state index in [1.54, 1.807) is 17.8 Å². The lowest BCUT2D eigenvalue weighted by atomic mass is 10.2. The van der Waals surface area contributed by atoms with Crippen LogP contribution in [0, 0.1) is 17.1 Å². The number of aromatic nitrogens is 2. The molecule has 184 valence electrons. The van der Waals surface area contributed by atoms with Crippen molar-refractivity contribution >= 4 is 35.1 Å². The molecule has 2 N–H and O–H groups in total. The quantitative estimate of drug-likeness (QED) is 0.442. The van der Waals surface area contributed by atoms with Crippen LogP contribution >= 0.6 is 23.2 Å². The molecule has 0 atom stereocenters. The van der Waals surface area contributed by atoms with Crippen molar-refractivity contribution in [3.63, 3.8) is 0 Å². The van der Waals surface area contributed by atoms with Gasteiger partial charge in [0, 0.05) is 36.6 Å². The number of benzene rings is 2. The molecule has 1 aromatic heterocycles. The summed E-state index contributed by atoms with van der Waals surface area (Å²) in [5, 5.41) is 19.0. The van der Waals surface area contributed by atoms with E-state index >= 15 is 0 Å². The maximum atomic E-state index is 14.9. The Morgan fingerprint density at radius 1 is 1.26 bits per heavy atom. The molecule has 3 rings (SSSR count). The van der Waals surface area contributed by atoms with Crippen LogP contribution in [0.25, 0.3) is 0 Å². The Bertz CT molecular complexity index is 1290. The SMILES string of the molecule is Cn1ccnc1C(=O)NCc1ccc(Cl)c(Oc2cc(Cl)cc(C#N)c2)c1F.O=C(O)C(F)(F)F. The van der Waals surface area contributed by atoms with E-state index < -0.39 is 23.9 Å². The van der Waals surface area contributed by atoms with Gasteiger partial charge in [0.15, 0.2) is 17.4 Å². The average molecular weight is 533 g/mol. The molecule has 0 aliphatic heterocycles. The Kier molecular flexibility index (Phi) is 9.05. The second-order valence-corrected chi connectivity index (χ2v) is 7.43. The topological polar surface area (TPSA) is 117 Å². The summed E-state index contributed by atoms with van der Waals surface area (Å²) in [6.45, 7) is -0.0932. The highest BCUT2D eigenvalue weighted by Gasteiger charge is 2.38. The van der Waals surface area contributed by atoms with Crippen LogP contribution in [0.5, 0.6) is 11.5 Å². The van der Waals surface area contributed by atoms with Crippen LogP contribution in [0.4, 0.5) is 17.6 Å². The molecular formula is C21H14Cl2F4N4O4. The molecule has 1 amide bonds. The first-order chi connectivity index (χ1) is 16.3. The number of rotatable bonds is 5. The van der Waals surface area contributed by atoms with Crippen LogP contribution in [-0.4, -0.2) is 32.7 Å². The van der Waals surface area contributed by atoms with E-state index in [9.17, 15) is 22.4 Å². The summed E-state index contributed by atoms with van der Waals surface area (Å²) in [4.78, 5) is 25.0. The summed E-state index contributed by atoms with van der Waals surface area (Å²) < 4.78 is 53.7. The summed E-state index contributed by atoms with van der Waals surface area (Å²) in [6.07, 6.45) is -1.96. The number of hydrogen-bond donors (Lipinski definition) is 2. The van der Waals surface area contributed by atoms with Gasteiger partial charge in [-0.1, -0.05) is 29.3 Å². The van der Waals surface area contributed by atoms with Crippen molar-refractivity contribution in [2.45, 2.75) is 12.7 Å². The van der Waals surface area contributed by atoms with Gasteiger partial charge in [0.1, 0.15) is 5.75 Å². The van der Waals surface area contributed by atoms with E-state index in [0.717, 1.165) is 0 Å². The predicted octanol–water partition coefficient (Wildman–Crippen LogP) is 5.09. The van der Waals surface area contributed by atoms with E-state index in [0.29, 0.717) is 0 Å². The number of ether oxygens (including phenoxy) is 1. The molecule has 0 aliphatic carbocycles. The number of imidazole rings is 1. The molecule has 0 saturated carbocycles. The first-order valence-electron chi connectivity index (χ1n) is 9.24. The number of alkyl halides is 3. The minimum absolute atomic E-state index is 0.0372. The predicted molar refractivity (Wildman–Crippen MR) is 116 cm³/mol.